The Bertz CT molecular complexity index is 1120. The van der Waals surface area contributed by atoms with E-state index in [9.17, 15) is 19.5 Å². The lowest BCUT2D eigenvalue weighted by Crippen LogP contribution is -2.55. The molecular formula is C29H39N3O5. The molecule has 8 heteroatoms. The van der Waals surface area contributed by atoms with Gasteiger partial charge in [-0.15, -0.1) is 0 Å². The molecule has 3 atom stereocenters. The van der Waals surface area contributed by atoms with Crippen LogP contribution in [0.25, 0.3) is 0 Å². The quantitative estimate of drug-likeness (QED) is 0.425. The number of rotatable bonds is 9. The summed E-state index contributed by atoms with van der Waals surface area (Å²) in [7, 11) is 0. The van der Waals surface area contributed by atoms with Gasteiger partial charge >= 0.3 is 6.09 Å². The minimum atomic E-state index is -1.09. The molecule has 0 bridgehead atoms. The van der Waals surface area contributed by atoms with Gasteiger partial charge in [0.25, 0.3) is 5.91 Å². The fraction of sp³-hybridized carbons (Fsp3) is 0.483. The molecule has 0 radical (unpaired) electrons. The third-order valence-electron chi connectivity index (χ3n) is 6.51. The zero-order valence-corrected chi connectivity index (χ0v) is 22.6. The predicted molar refractivity (Wildman–Crippen MR) is 143 cm³/mol. The third-order valence-corrected chi connectivity index (χ3v) is 6.51. The van der Waals surface area contributed by atoms with Crippen LogP contribution in [0.2, 0.25) is 0 Å². The first-order valence-electron chi connectivity index (χ1n) is 12.9. The molecule has 37 heavy (non-hydrogen) atoms. The number of alkyl carbamates (subject to hydrolysis) is 1. The van der Waals surface area contributed by atoms with Crippen molar-refractivity contribution in [3.8, 4) is 5.75 Å². The van der Waals surface area contributed by atoms with Crippen LogP contribution in [-0.2, 0) is 14.3 Å². The summed E-state index contributed by atoms with van der Waals surface area (Å²) in [5.74, 6) is -1.11. The van der Waals surface area contributed by atoms with Crippen molar-refractivity contribution < 1.29 is 24.2 Å². The van der Waals surface area contributed by atoms with E-state index in [1.807, 2.05) is 39.0 Å². The van der Waals surface area contributed by atoms with Gasteiger partial charge in [0, 0.05) is 17.3 Å². The fourth-order valence-electron chi connectivity index (χ4n) is 4.20. The van der Waals surface area contributed by atoms with E-state index in [1.54, 1.807) is 45.0 Å². The number of para-hydroxylation sites is 2. The first-order chi connectivity index (χ1) is 17.4. The van der Waals surface area contributed by atoms with E-state index < -0.39 is 29.7 Å². The lowest BCUT2D eigenvalue weighted by molar-refractivity contribution is -0.142. The molecule has 0 aromatic heterocycles. The maximum absolute atomic E-state index is 14.2. The van der Waals surface area contributed by atoms with Gasteiger partial charge in [-0.05, 0) is 64.2 Å². The highest BCUT2D eigenvalue weighted by molar-refractivity contribution is 6.00. The Labute approximate surface area is 219 Å². The number of hydrogen-bond donors (Lipinski definition) is 3. The number of nitrogens with zero attached hydrogens (tertiary/aromatic N) is 1. The van der Waals surface area contributed by atoms with Gasteiger partial charge in [0.1, 0.15) is 23.4 Å². The van der Waals surface area contributed by atoms with Crippen LogP contribution in [-0.4, -0.2) is 45.6 Å². The van der Waals surface area contributed by atoms with E-state index in [2.05, 4.69) is 10.6 Å². The number of phenols is 1. The summed E-state index contributed by atoms with van der Waals surface area (Å²) in [6.07, 6.45) is 1.40. The Morgan fingerprint density at radius 1 is 1.08 bits per heavy atom. The smallest absolute Gasteiger partial charge is 0.408 e. The number of aryl methyl sites for hydroxylation is 1. The standard InChI is InChI=1S/C29H39N3O5/c1-7-18(2)24(31-28(36)37-29(4,5)6)27(35)32(20-16-17-20)25(21-13-9-11-15-23(21)33)26(34)30-22-14-10-8-12-19(22)3/h8-15,18,20,24-25,33H,7,16-17H2,1-6H3,(H,30,34)(H,31,36). The molecule has 1 aliphatic rings. The molecule has 3 amide bonds. The number of hydrogen-bond acceptors (Lipinski definition) is 5. The van der Waals surface area contributed by atoms with E-state index in [0.29, 0.717) is 17.7 Å². The van der Waals surface area contributed by atoms with Crippen LogP contribution in [0.15, 0.2) is 48.5 Å². The van der Waals surface area contributed by atoms with Gasteiger partial charge in [-0.3, -0.25) is 9.59 Å². The van der Waals surface area contributed by atoms with Crippen LogP contribution in [0.5, 0.6) is 5.75 Å². The maximum atomic E-state index is 14.2. The first kappa shape index (κ1) is 28.0. The van der Waals surface area contributed by atoms with E-state index in [0.717, 1.165) is 18.4 Å². The number of anilines is 1. The second kappa shape index (κ2) is 11.7. The number of nitrogens with one attached hydrogen (secondary N) is 2. The van der Waals surface area contributed by atoms with Gasteiger partial charge in [0.15, 0.2) is 0 Å². The molecule has 3 rings (SSSR count). The molecule has 0 aliphatic heterocycles. The van der Waals surface area contributed by atoms with Crippen molar-refractivity contribution in [3.05, 3.63) is 59.7 Å². The first-order valence-corrected chi connectivity index (χ1v) is 12.9. The zero-order chi connectivity index (χ0) is 27.3. The van der Waals surface area contributed by atoms with Crippen molar-refractivity contribution in [1.82, 2.24) is 10.2 Å². The van der Waals surface area contributed by atoms with Crippen LogP contribution in [0.3, 0.4) is 0 Å². The van der Waals surface area contributed by atoms with Gasteiger partial charge in [0.05, 0.1) is 0 Å². The Hall–Kier alpha value is -3.55. The average Bonchev–Trinajstić information content (AvgIpc) is 3.66. The summed E-state index contributed by atoms with van der Waals surface area (Å²) in [5.41, 5.74) is 1.10. The molecule has 8 nitrogen and oxygen atoms in total. The Morgan fingerprint density at radius 2 is 1.70 bits per heavy atom. The highest BCUT2D eigenvalue weighted by Crippen LogP contribution is 2.39. The summed E-state index contributed by atoms with van der Waals surface area (Å²) >= 11 is 0. The Kier molecular flexibility index (Phi) is 8.84. The molecule has 2 aromatic rings. The van der Waals surface area contributed by atoms with Crippen LogP contribution >= 0.6 is 0 Å². The number of carbonyl (C=O) groups excluding carboxylic acids is 3. The molecule has 3 unspecified atom stereocenters. The predicted octanol–water partition coefficient (Wildman–Crippen LogP) is 5.31. The highest BCUT2D eigenvalue weighted by atomic mass is 16.6. The van der Waals surface area contributed by atoms with Gasteiger partial charge in [-0.25, -0.2) is 4.79 Å². The fourth-order valence-corrected chi connectivity index (χ4v) is 4.20. The molecule has 200 valence electrons. The van der Waals surface area contributed by atoms with Crippen LogP contribution in [0, 0.1) is 12.8 Å². The molecular weight excluding hydrogens is 470 g/mol. The lowest BCUT2D eigenvalue weighted by atomic mass is 9.95. The average molecular weight is 510 g/mol. The highest BCUT2D eigenvalue weighted by Gasteiger charge is 2.45. The van der Waals surface area contributed by atoms with Gasteiger partial charge in [-0.2, -0.15) is 0 Å². The summed E-state index contributed by atoms with van der Waals surface area (Å²) in [4.78, 5) is 42.2. The number of phenolic OH excluding ortho intramolecular Hbond substituents is 1. The number of ether oxygens (including phenoxy) is 1. The van der Waals surface area contributed by atoms with Crippen LogP contribution < -0.4 is 10.6 Å². The molecule has 0 heterocycles. The summed E-state index contributed by atoms with van der Waals surface area (Å²) in [6, 6.07) is 11.8. The van der Waals surface area contributed by atoms with Crippen LogP contribution in [0.1, 0.15) is 71.0 Å². The van der Waals surface area contributed by atoms with Gasteiger partial charge in [0.2, 0.25) is 5.91 Å². The van der Waals surface area contributed by atoms with E-state index >= 15 is 0 Å². The van der Waals surface area contributed by atoms with E-state index in [4.69, 9.17) is 4.74 Å². The van der Waals surface area contributed by atoms with Crippen molar-refractivity contribution >= 4 is 23.6 Å². The van der Waals surface area contributed by atoms with Gasteiger partial charge in [-0.1, -0.05) is 56.7 Å². The number of amides is 3. The summed E-state index contributed by atoms with van der Waals surface area (Å²) < 4.78 is 5.43. The summed E-state index contributed by atoms with van der Waals surface area (Å²) in [5, 5.41) is 16.5. The number of carbonyl (C=O) groups is 3. The molecule has 1 fully saturated rings. The van der Waals surface area contributed by atoms with Crippen LogP contribution in [0.4, 0.5) is 10.5 Å². The number of aromatic hydroxyl groups is 1. The largest absolute Gasteiger partial charge is 0.508 e. The third kappa shape index (κ3) is 7.24. The minimum absolute atomic E-state index is 0.0777. The molecule has 1 saturated carbocycles. The molecule has 1 aliphatic carbocycles. The van der Waals surface area contributed by atoms with E-state index in [1.165, 1.54) is 11.0 Å². The van der Waals surface area contributed by atoms with Crippen molar-refractivity contribution in [3.63, 3.8) is 0 Å². The normalized spacial score (nSPS) is 15.7. The minimum Gasteiger partial charge on any atom is -0.508 e. The number of benzene rings is 2. The second-order valence-electron chi connectivity index (χ2n) is 10.8. The van der Waals surface area contributed by atoms with E-state index in [-0.39, 0.29) is 23.6 Å². The summed E-state index contributed by atoms with van der Waals surface area (Å²) in [6.45, 7) is 11.0. The molecule has 2 aromatic carbocycles. The van der Waals surface area contributed by atoms with Crippen molar-refractivity contribution in [2.24, 2.45) is 5.92 Å². The molecule has 3 N–H and O–H groups in total. The van der Waals surface area contributed by atoms with Crippen molar-refractivity contribution in [1.29, 1.82) is 0 Å². The molecule has 0 spiro atoms. The lowest BCUT2D eigenvalue weighted by Gasteiger charge is -2.36. The monoisotopic (exact) mass is 509 g/mol. The van der Waals surface area contributed by atoms with Crippen molar-refractivity contribution in [2.45, 2.75) is 84.5 Å². The van der Waals surface area contributed by atoms with Gasteiger partial charge < -0.3 is 25.4 Å². The Balaban J connectivity index is 2.02. The van der Waals surface area contributed by atoms with Crippen molar-refractivity contribution in [2.75, 3.05) is 5.32 Å². The topological polar surface area (TPSA) is 108 Å². The SMILES string of the molecule is CCC(C)C(NC(=O)OC(C)(C)C)C(=O)N(C1CC1)C(C(=O)Nc1ccccc1C)c1ccccc1O. The Morgan fingerprint density at radius 3 is 2.27 bits per heavy atom. The molecule has 0 saturated heterocycles. The maximum Gasteiger partial charge on any atom is 0.408 e. The zero-order valence-electron chi connectivity index (χ0n) is 22.6. The second-order valence-corrected chi connectivity index (χ2v) is 10.8.